The van der Waals surface area contributed by atoms with Crippen LogP contribution in [-0.4, -0.2) is 17.9 Å². The summed E-state index contributed by atoms with van der Waals surface area (Å²) in [6, 6.07) is 10.8. The van der Waals surface area contributed by atoms with E-state index >= 15 is 0 Å². The molecule has 0 saturated carbocycles. The second-order valence-corrected chi connectivity index (χ2v) is 3.72. The highest BCUT2D eigenvalue weighted by Crippen LogP contribution is 2.13. The number of benzene rings is 1. The number of hydrogen-bond donors (Lipinski definition) is 0. The zero-order chi connectivity index (χ0) is 12.8. The number of carbonyl (C=O) groups is 1. The summed E-state index contributed by atoms with van der Waals surface area (Å²) >= 11 is 0. The molecule has 0 aliphatic carbocycles. The molecule has 3 nitrogen and oxygen atoms in total. The molecule has 1 heterocycles. The van der Waals surface area contributed by atoms with Gasteiger partial charge < -0.3 is 4.74 Å². The van der Waals surface area contributed by atoms with Gasteiger partial charge in [0.05, 0.1) is 7.11 Å². The van der Waals surface area contributed by atoms with Gasteiger partial charge in [0, 0.05) is 18.0 Å². The van der Waals surface area contributed by atoms with Crippen LogP contribution in [0.25, 0.3) is 6.08 Å². The van der Waals surface area contributed by atoms with Gasteiger partial charge in [-0.05, 0) is 35.9 Å². The standard InChI is InChI=1S/C15H13NO2/c1-18-14-6-2-5-13(10-14)15(17)8-7-12-4-3-9-16-11-12/h2-11H,1H3. The normalized spacial score (nSPS) is 10.5. The van der Waals surface area contributed by atoms with E-state index in [1.54, 1.807) is 43.8 Å². The summed E-state index contributed by atoms with van der Waals surface area (Å²) in [7, 11) is 1.58. The Morgan fingerprint density at radius 2 is 2.17 bits per heavy atom. The van der Waals surface area contributed by atoms with Crippen LogP contribution < -0.4 is 4.74 Å². The second kappa shape index (κ2) is 5.77. The Kier molecular flexibility index (Phi) is 3.86. The van der Waals surface area contributed by atoms with Crippen molar-refractivity contribution in [2.45, 2.75) is 0 Å². The van der Waals surface area contributed by atoms with Gasteiger partial charge in [-0.1, -0.05) is 18.2 Å². The molecule has 0 N–H and O–H groups in total. The molecule has 0 aliphatic rings. The topological polar surface area (TPSA) is 39.2 Å². The summed E-state index contributed by atoms with van der Waals surface area (Å²) in [6.07, 6.45) is 6.68. The van der Waals surface area contributed by atoms with Crippen LogP contribution in [0.15, 0.2) is 54.9 Å². The molecule has 0 atom stereocenters. The SMILES string of the molecule is COc1cccc(C(=O)C=Cc2cccnc2)c1. The van der Waals surface area contributed by atoms with Crippen molar-refractivity contribution in [2.24, 2.45) is 0 Å². The van der Waals surface area contributed by atoms with Gasteiger partial charge in [0.25, 0.3) is 0 Å². The molecule has 0 spiro atoms. The van der Waals surface area contributed by atoms with Gasteiger partial charge in [0.2, 0.25) is 0 Å². The molecule has 0 radical (unpaired) electrons. The van der Waals surface area contributed by atoms with Gasteiger partial charge in [-0.15, -0.1) is 0 Å². The lowest BCUT2D eigenvalue weighted by Gasteiger charge is -2.00. The molecular formula is C15H13NO2. The first-order valence-electron chi connectivity index (χ1n) is 5.56. The zero-order valence-corrected chi connectivity index (χ0v) is 10.0. The number of ether oxygens (including phenoxy) is 1. The monoisotopic (exact) mass is 239 g/mol. The van der Waals surface area contributed by atoms with E-state index in [0.29, 0.717) is 11.3 Å². The molecule has 0 saturated heterocycles. The molecule has 0 aliphatic heterocycles. The zero-order valence-electron chi connectivity index (χ0n) is 10.0. The van der Waals surface area contributed by atoms with Crippen LogP contribution in [-0.2, 0) is 0 Å². The van der Waals surface area contributed by atoms with Crippen molar-refractivity contribution in [1.29, 1.82) is 0 Å². The minimum atomic E-state index is -0.0576. The van der Waals surface area contributed by atoms with Gasteiger partial charge in [0.1, 0.15) is 5.75 Å². The van der Waals surface area contributed by atoms with Crippen molar-refractivity contribution in [3.05, 3.63) is 66.0 Å². The van der Waals surface area contributed by atoms with Crippen LogP contribution in [0.2, 0.25) is 0 Å². The first-order chi connectivity index (χ1) is 8.79. The lowest BCUT2D eigenvalue weighted by atomic mass is 10.1. The van der Waals surface area contributed by atoms with Crippen molar-refractivity contribution in [3.63, 3.8) is 0 Å². The number of hydrogen-bond acceptors (Lipinski definition) is 3. The minimum Gasteiger partial charge on any atom is -0.497 e. The highest BCUT2D eigenvalue weighted by molar-refractivity contribution is 6.07. The fourth-order valence-electron chi connectivity index (χ4n) is 1.52. The number of allylic oxidation sites excluding steroid dienone is 1. The molecule has 2 aromatic rings. The van der Waals surface area contributed by atoms with E-state index in [2.05, 4.69) is 4.98 Å². The van der Waals surface area contributed by atoms with Crippen LogP contribution in [0, 0.1) is 0 Å². The van der Waals surface area contributed by atoms with E-state index in [0.717, 1.165) is 5.56 Å². The lowest BCUT2D eigenvalue weighted by molar-refractivity contribution is 0.104. The average molecular weight is 239 g/mol. The maximum absolute atomic E-state index is 11.9. The van der Waals surface area contributed by atoms with Crippen molar-refractivity contribution < 1.29 is 9.53 Å². The van der Waals surface area contributed by atoms with Crippen molar-refractivity contribution in [3.8, 4) is 5.75 Å². The predicted molar refractivity (Wildman–Crippen MR) is 70.6 cm³/mol. The van der Waals surface area contributed by atoms with Crippen LogP contribution in [0.3, 0.4) is 0 Å². The fraction of sp³-hybridized carbons (Fsp3) is 0.0667. The third-order valence-electron chi connectivity index (χ3n) is 2.47. The van der Waals surface area contributed by atoms with E-state index in [-0.39, 0.29) is 5.78 Å². The molecule has 18 heavy (non-hydrogen) atoms. The summed E-state index contributed by atoms with van der Waals surface area (Å²) in [5.74, 6) is 0.619. The molecule has 0 amide bonds. The van der Waals surface area contributed by atoms with Crippen LogP contribution in [0.1, 0.15) is 15.9 Å². The van der Waals surface area contributed by atoms with Crippen LogP contribution in [0.5, 0.6) is 5.75 Å². The molecule has 3 heteroatoms. The van der Waals surface area contributed by atoms with Crippen molar-refractivity contribution >= 4 is 11.9 Å². The Morgan fingerprint density at radius 1 is 1.28 bits per heavy atom. The number of pyridine rings is 1. The summed E-state index contributed by atoms with van der Waals surface area (Å²) < 4.78 is 5.08. The highest BCUT2D eigenvalue weighted by atomic mass is 16.5. The van der Waals surface area contributed by atoms with E-state index in [4.69, 9.17) is 4.74 Å². The molecule has 1 aromatic carbocycles. The summed E-state index contributed by atoms with van der Waals surface area (Å²) in [5.41, 5.74) is 1.50. The number of ketones is 1. The van der Waals surface area contributed by atoms with Gasteiger partial charge >= 0.3 is 0 Å². The summed E-state index contributed by atoms with van der Waals surface area (Å²) in [4.78, 5) is 15.9. The number of aromatic nitrogens is 1. The third kappa shape index (κ3) is 3.04. The van der Waals surface area contributed by atoms with Gasteiger partial charge in [-0.2, -0.15) is 0 Å². The van der Waals surface area contributed by atoms with E-state index in [9.17, 15) is 4.79 Å². The molecule has 1 aromatic heterocycles. The number of carbonyl (C=O) groups excluding carboxylic acids is 1. The van der Waals surface area contributed by atoms with E-state index in [1.165, 1.54) is 6.08 Å². The molecule has 90 valence electrons. The predicted octanol–water partition coefficient (Wildman–Crippen LogP) is 2.99. The lowest BCUT2D eigenvalue weighted by Crippen LogP contribution is -1.94. The Bertz CT molecular complexity index is 562. The maximum atomic E-state index is 11.9. The Balaban J connectivity index is 2.14. The highest BCUT2D eigenvalue weighted by Gasteiger charge is 2.02. The Hall–Kier alpha value is -2.42. The smallest absolute Gasteiger partial charge is 0.185 e. The van der Waals surface area contributed by atoms with Crippen LogP contribution in [0.4, 0.5) is 0 Å². The van der Waals surface area contributed by atoms with Gasteiger partial charge in [0.15, 0.2) is 5.78 Å². The summed E-state index contributed by atoms with van der Waals surface area (Å²) in [5, 5.41) is 0. The number of methoxy groups -OCH3 is 1. The third-order valence-corrected chi connectivity index (χ3v) is 2.47. The van der Waals surface area contributed by atoms with E-state index in [1.807, 2.05) is 18.2 Å². The second-order valence-electron chi connectivity index (χ2n) is 3.72. The fourth-order valence-corrected chi connectivity index (χ4v) is 1.52. The summed E-state index contributed by atoms with van der Waals surface area (Å²) in [6.45, 7) is 0. The number of nitrogens with zero attached hydrogens (tertiary/aromatic N) is 1. The first kappa shape index (κ1) is 12.0. The van der Waals surface area contributed by atoms with Gasteiger partial charge in [-0.3, -0.25) is 9.78 Å². The maximum Gasteiger partial charge on any atom is 0.185 e. The largest absolute Gasteiger partial charge is 0.497 e. The van der Waals surface area contributed by atoms with Gasteiger partial charge in [-0.25, -0.2) is 0 Å². The Morgan fingerprint density at radius 3 is 2.89 bits per heavy atom. The number of rotatable bonds is 4. The molecule has 0 fully saturated rings. The molecule has 2 rings (SSSR count). The Labute approximate surface area is 106 Å². The van der Waals surface area contributed by atoms with Crippen molar-refractivity contribution in [2.75, 3.05) is 7.11 Å². The first-order valence-corrected chi connectivity index (χ1v) is 5.56. The minimum absolute atomic E-state index is 0.0576. The average Bonchev–Trinajstić information content (AvgIpc) is 2.46. The van der Waals surface area contributed by atoms with Crippen molar-refractivity contribution in [1.82, 2.24) is 4.98 Å². The molecule has 0 bridgehead atoms. The quantitative estimate of drug-likeness (QED) is 0.608. The van der Waals surface area contributed by atoms with Crippen LogP contribution >= 0.6 is 0 Å². The van der Waals surface area contributed by atoms with E-state index < -0.39 is 0 Å². The molecular weight excluding hydrogens is 226 g/mol. The molecule has 0 unspecified atom stereocenters.